The Morgan fingerprint density at radius 3 is 2.22 bits per heavy atom. The molecular weight excluding hydrogens is 553 g/mol. The second-order valence-electron chi connectivity index (χ2n) is 7.21. The molecule has 36 heavy (non-hydrogen) atoms. The molecule has 0 fully saturated rings. The average molecular weight is 567 g/mol. The molecule has 3 aromatic carbocycles. The predicted octanol–water partition coefficient (Wildman–Crippen LogP) is 6.18. The number of aryl methyl sites for hydroxylation is 1. The molecule has 0 bridgehead atoms. The van der Waals surface area contributed by atoms with Gasteiger partial charge in [-0.05, 0) is 55.0 Å². The molecule has 3 rings (SSSR count). The van der Waals surface area contributed by atoms with E-state index in [1.54, 1.807) is 25.1 Å². The van der Waals surface area contributed by atoms with Gasteiger partial charge < -0.3 is 9.50 Å². The average Bonchev–Trinajstić information content (AvgIpc) is 2.81. The zero-order valence-corrected chi connectivity index (χ0v) is 21.2. The summed E-state index contributed by atoms with van der Waals surface area (Å²) in [6.45, 7) is 1.80. The van der Waals surface area contributed by atoms with Crippen molar-refractivity contribution >= 4 is 68.3 Å². The fourth-order valence-electron chi connectivity index (χ4n) is 2.85. The van der Waals surface area contributed by atoms with Gasteiger partial charge in [0, 0.05) is 11.8 Å². The van der Waals surface area contributed by atoms with Crippen molar-refractivity contribution in [3.8, 4) is 11.8 Å². The lowest BCUT2D eigenvalue weighted by atomic mass is 10.1. The van der Waals surface area contributed by atoms with Gasteiger partial charge in [0.1, 0.15) is 21.6 Å². The van der Waals surface area contributed by atoms with Crippen molar-refractivity contribution in [1.29, 1.82) is 5.26 Å². The summed E-state index contributed by atoms with van der Waals surface area (Å²) in [4.78, 5) is 22.8. The second kappa shape index (κ2) is 11.0. The monoisotopic (exact) mass is 565 g/mol. The number of rotatable bonds is 7. The Morgan fingerprint density at radius 1 is 1.06 bits per heavy atom. The van der Waals surface area contributed by atoms with Crippen LogP contribution in [0.2, 0.25) is 15.1 Å². The molecule has 0 saturated heterocycles. The van der Waals surface area contributed by atoms with Crippen LogP contribution in [0.25, 0.3) is 6.08 Å². The van der Waals surface area contributed by atoms with Crippen LogP contribution in [0.1, 0.15) is 11.1 Å². The van der Waals surface area contributed by atoms with Crippen molar-refractivity contribution in [1.82, 2.24) is 0 Å². The predicted molar refractivity (Wildman–Crippen MR) is 136 cm³/mol. The van der Waals surface area contributed by atoms with Crippen LogP contribution < -0.4 is 9.50 Å². The Kier molecular flexibility index (Phi) is 8.22. The van der Waals surface area contributed by atoms with E-state index in [0.717, 1.165) is 17.7 Å². The summed E-state index contributed by atoms with van der Waals surface area (Å²) >= 11 is 18.1. The lowest BCUT2D eigenvalue weighted by Crippen LogP contribution is -2.13. The molecule has 3 aromatic rings. The standard InChI is InChI=1S/C23H14Cl3N3O6S/c1-13-2-5-17(6-3-13)36(33,34)35-22-19(25)9-14(10-20(22)26)8-15(12-27)23(30)28-16-4-7-18(24)21(11-16)29(31)32/h2-11H,1H3,(H,28,30)/b15-8+. The van der Waals surface area contributed by atoms with Gasteiger partial charge in [-0.15, -0.1) is 0 Å². The molecule has 1 amide bonds. The normalized spacial score (nSPS) is 11.5. The van der Waals surface area contributed by atoms with E-state index in [-0.39, 0.29) is 42.5 Å². The van der Waals surface area contributed by atoms with Crippen LogP contribution in [0.5, 0.6) is 5.75 Å². The minimum absolute atomic E-state index is 0.0402. The van der Waals surface area contributed by atoms with E-state index in [0.29, 0.717) is 0 Å². The van der Waals surface area contributed by atoms with E-state index < -0.39 is 26.6 Å². The molecule has 0 aromatic heterocycles. The maximum Gasteiger partial charge on any atom is 0.339 e. The molecule has 9 nitrogen and oxygen atoms in total. The third-order valence-corrected chi connectivity index (χ3v) is 6.72. The SMILES string of the molecule is Cc1ccc(S(=O)(=O)Oc2c(Cl)cc(/C=C(\C#N)C(=O)Nc3ccc(Cl)c([N+](=O)[O-])c3)cc2Cl)cc1. The summed E-state index contributed by atoms with van der Waals surface area (Å²) in [5.74, 6) is -1.20. The van der Waals surface area contributed by atoms with E-state index in [2.05, 4.69) is 5.32 Å². The zero-order chi connectivity index (χ0) is 26.6. The fourth-order valence-corrected chi connectivity index (χ4v) is 4.67. The first kappa shape index (κ1) is 27.0. The Hall–Kier alpha value is -3.62. The van der Waals surface area contributed by atoms with E-state index in [4.69, 9.17) is 39.0 Å². The van der Waals surface area contributed by atoms with Crippen molar-refractivity contribution in [2.75, 3.05) is 5.32 Å². The molecule has 0 aliphatic carbocycles. The van der Waals surface area contributed by atoms with Crippen LogP contribution in [0.3, 0.4) is 0 Å². The number of nitrogens with one attached hydrogen (secondary N) is 1. The molecule has 0 aliphatic heterocycles. The maximum atomic E-state index is 12.6. The molecule has 0 saturated carbocycles. The summed E-state index contributed by atoms with van der Waals surface area (Å²) in [7, 11) is -4.23. The second-order valence-corrected chi connectivity index (χ2v) is 9.98. The molecule has 0 radical (unpaired) electrons. The highest BCUT2D eigenvalue weighted by Gasteiger charge is 2.21. The molecule has 0 aliphatic rings. The van der Waals surface area contributed by atoms with Gasteiger partial charge in [0.2, 0.25) is 0 Å². The van der Waals surface area contributed by atoms with Crippen molar-refractivity contribution in [3.05, 3.63) is 96.5 Å². The van der Waals surface area contributed by atoms with Gasteiger partial charge in [0.05, 0.1) is 15.0 Å². The largest absolute Gasteiger partial charge is 0.376 e. The summed E-state index contributed by atoms with van der Waals surface area (Å²) in [5.41, 5.74) is 0.275. The van der Waals surface area contributed by atoms with E-state index in [1.165, 1.54) is 36.4 Å². The number of amides is 1. The molecule has 0 spiro atoms. The third-order valence-electron chi connectivity index (χ3n) is 4.60. The number of nitrogens with zero attached hydrogens (tertiary/aromatic N) is 2. The summed E-state index contributed by atoms with van der Waals surface area (Å²) in [5, 5.41) is 22.3. The number of hydrogen-bond donors (Lipinski definition) is 1. The van der Waals surface area contributed by atoms with Crippen molar-refractivity contribution in [2.24, 2.45) is 0 Å². The number of nitriles is 1. The van der Waals surface area contributed by atoms with Gasteiger partial charge in [0.15, 0.2) is 5.75 Å². The molecule has 184 valence electrons. The molecule has 0 heterocycles. The highest BCUT2D eigenvalue weighted by atomic mass is 35.5. The molecule has 0 unspecified atom stereocenters. The van der Waals surface area contributed by atoms with Crippen LogP contribution in [-0.4, -0.2) is 19.2 Å². The van der Waals surface area contributed by atoms with E-state index in [9.17, 15) is 28.6 Å². The first-order valence-electron chi connectivity index (χ1n) is 9.78. The Bertz CT molecular complexity index is 1530. The van der Waals surface area contributed by atoms with Crippen molar-refractivity contribution in [3.63, 3.8) is 0 Å². The molecule has 0 atom stereocenters. The van der Waals surface area contributed by atoms with Crippen LogP contribution in [0.15, 0.2) is 65.1 Å². The summed E-state index contributed by atoms with van der Waals surface area (Å²) < 4.78 is 30.3. The first-order valence-corrected chi connectivity index (χ1v) is 12.3. The van der Waals surface area contributed by atoms with Gasteiger partial charge in [-0.3, -0.25) is 14.9 Å². The van der Waals surface area contributed by atoms with Gasteiger partial charge >= 0.3 is 10.1 Å². The Balaban J connectivity index is 1.86. The number of benzene rings is 3. The van der Waals surface area contributed by atoms with Crippen molar-refractivity contribution in [2.45, 2.75) is 11.8 Å². The van der Waals surface area contributed by atoms with Gasteiger partial charge in [0.25, 0.3) is 11.6 Å². The fraction of sp³-hybridized carbons (Fsp3) is 0.0435. The quantitative estimate of drug-likeness (QED) is 0.118. The minimum Gasteiger partial charge on any atom is -0.376 e. The number of hydrogen-bond acceptors (Lipinski definition) is 7. The van der Waals surface area contributed by atoms with Gasteiger partial charge in [-0.1, -0.05) is 52.5 Å². The smallest absolute Gasteiger partial charge is 0.339 e. The lowest BCUT2D eigenvalue weighted by molar-refractivity contribution is -0.384. The highest BCUT2D eigenvalue weighted by molar-refractivity contribution is 7.87. The van der Waals surface area contributed by atoms with E-state index >= 15 is 0 Å². The van der Waals surface area contributed by atoms with Gasteiger partial charge in [-0.25, -0.2) is 0 Å². The number of carbonyl (C=O) groups excluding carboxylic acids is 1. The number of halogens is 3. The first-order chi connectivity index (χ1) is 16.9. The summed E-state index contributed by atoms with van der Waals surface area (Å²) in [6, 6.07) is 13.8. The van der Waals surface area contributed by atoms with Crippen LogP contribution in [-0.2, 0) is 14.9 Å². The summed E-state index contributed by atoms with van der Waals surface area (Å²) in [6.07, 6.45) is 1.15. The van der Waals surface area contributed by atoms with Crippen LogP contribution >= 0.6 is 34.8 Å². The lowest BCUT2D eigenvalue weighted by Gasteiger charge is -2.11. The van der Waals surface area contributed by atoms with E-state index in [1.807, 2.05) is 0 Å². The van der Waals surface area contributed by atoms with Crippen LogP contribution in [0, 0.1) is 28.4 Å². The van der Waals surface area contributed by atoms with Crippen LogP contribution in [0.4, 0.5) is 11.4 Å². The zero-order valence-electron chi connectivity index (χ0n) is 18.2. The Morgan fingerprint density at radius 2 is 1.67 bits per heavy atom. The number of nitro benzene ring substituents is 1. The number of anilines is 1. The molecule has 13 heteroatoms. The third kappa shape index (κ3) is 6.33. The topological polar surface area (TPSA) is 139 Å². The number of carbonyl (C=O) groups is 1. The Labute approximate surface area is 220 Å². The minimum atomic E-state index is -4.23. The van der Waals surface area contributed by atoms with Crippen molar-refractivity contribution < 1.29 is 22.3 Å². The molecular formula is C23H14Cl3N3O6S. The van der Waals surface area contributed by atoms with Gasteiger partial charge in [-0.2, -0.15) is 13.7 Å². The highest BCUT2D eigenvalue weighted by Crippen LogP contribution is 2.37. The maximum absolute atomic E-state index is 12.6. The number of nitro groups is 1. The molecule has 1 N–H and O–H groups in total.